The molecule has 0 unspecified atom stereocenters. The first kappa shape index (κ1) is 19.1. The van der Waals surface area contributed by atoms with E-state index >= 15 is 0 Å². The van der Waals surface area contributed by atoms with E-state index in [1.807, 2.05) is 20.8 Å². The molecule has 0 aliphatic heterocycles. The zero-order valence-corrected chi connectivity index (χ0v) is 10.9. The minimum Gasteiger partial charge on any atom is -0.475 e. The molecule has 0 spiro atoms. The fourth-order valence-corrected chi connectivity index (χ4v) is 0.714. The Bertz CT molecular complexity index is 266. The molecule has 0 bridgehead atoms. The molecule has 1 N–H and O–H groups in total. The van der Waals surface area contributed by atoms with E-state index in [1.165, 1.54) is 0 Å². The van der Waals surface area contributed by atoms with Crippen LogP contribution in [0.5, 0.6) is 0 Å². The third-order valence-electron chi connectivity index (χ3n) is 1.40. The molecule has 0 saturated carbocycles. The molecule has 4 nitrogen and oxygen atoms in total. The summed E-state index contributed by atoms with van der Waals surface area (Å²) >= 11 is 0. The molecular formula is C11H19F3O4. The molecule has 18 heavy (non-hydrogen) atoms. The van der Waals surface area contributed by atoms with Gasteiger partial charge in [0.1, 0.15) is 5.60 Å². The Hall–Kier alpha value is -1.27. The van der Waals surface area contributed by atoms with Gasteiger partial charge in [0.05, 0.1) is 0 Å². The summed E-state index contributed by atoms with van der Waals surface area (Å²) in [5, 5.41) is 7.12. The predicted molar refractivity (Wildman–Crippen MR) is 59.1 cm³/mol. The van der Waals surface area contributed by atoms with Crippen molar-refractivity contribution in [2.75, 3.05) is 0 Å². The maximum Gasteiger partial charge on any atom is 0.490 e. The molecule has 0 aromatic carbocycles. The second-order valence-electron chi connectivity index (χ2n) is 4.49. The average Bonchev–Trinajstić information content (AvgIpc) is 2.11. The van der Waals surface area contributed by atoms with Crippen LogP contribution in [-0.4, -0.2) is 28.8 Å². The first-order valence-corrected chi connectivity index (χ1v) is 5.42. The van der Waals surface area contributed by atoms with Crippen molar-refractivity contribution in [3.05, 3.63) is 0 Å². The second kappa shape index (κ2) is 7.94. The fraction of sp³-hybridized carbons (Fsp3) is 0.818. The highest BCUT2D eigenvalue weighted by Gasteiger charge is 2.38. The lowest BCUT2D eigenvalue weighted by atomic mass is 10.2. The van der Waals surface area contributed by atoms with Crippen LogP contribution in [0.3, 0.4) is 0 Å². The van der Waals surface area contributed by atoms with E-state index in [0.29, 0.717) is 6.42 Å². The first-order valence-electron chi connectivity index (χ1n) is 5.42. The third kappa shape index (κ3) is 14.7. The topological polar surface area (TPSA) is 63.6 Å². The molecule has 108 valence electrons. The number of carbonyl (C=O) groups is 2. The molecule has 0 aliphatic rings. The number of carbonyl (C=O) groups excluding carboxylic acids is 1. The van der Waals surface area contributed by atoms with Crippen LogP contribution in [0.25, 0.3) is 0 Å². The van der Waals surface area contributed by atoms with Crippen molar-refractivity contribution in [2.45, 2.75) is 58.7 Å². The molecule has 0 rings (SSSR count). The van der Waals surface area contributed by atoms with Gasteiger partial charge in [0.15, 0.2) is 0 Å². The van der Waals surface area contributed by atoms with Crippen molar-refractivity contribution < 1.29 is 32.6 Å². The minimum atomic E-state index is -5.08. The van der Waals surface area contributed by atoms with Gasteiger partial charge in [-0.1, -0.05) is 13.3 Å². The lowest BCUT2D eigenvalue weighted by Crippen LogP contribution is -2.23. The van der Waals surface area contributed by atoms with Crippen molar-refractivity contribution in [3.63, 3.8) is 0 Å². The van der Waals surface area contributed by atoms with Crippen molar-refractivity contribution in [2.24, 2.45) is 0 Å². The number of hydrogen-bond donors (Lipinski definition) is 1. The van der Waals surface area contributed by atoms with Gasteiger partial charge in [0.2, 0.25) is 0 Å². The minimum absolute atomic E-state index is 0.0839. The number of esters is 1. The highest BCUT2D eigenvalue weighted by Crippen LogP contribution is 2.13. The van der Waals surface area contributed by atoms with Crippen molar-refractivity contribution >= 4 is 11.9 Å². The van der Waals surface area contributed by atoms with Crippen molar-refractivity contribution in [1.29, 1.82) is 0 Å². The summed E-state index contributed by atoms with van der Waals surface area (Å²) in [5.74, 6) is -2.84. The molecule has 0 saturated heterocycles. The number of carboxylic acids is 1. The number of hydrogen-bond acceptors (Lipinski definition) is 3. The van der Waals surface area contributed by atoms with E-state index in [1.54, 1.807) is 0 Å². The highest BCUT2D eigenvalue weighted by molar-refractivity contribution is 5.73. The van der Waals surface area contributed by atoms with E-state index in [-0.39, 0.29) is 11.6 Å². The number of carboxylic acid groups (broad SMARTS) is 1. The Morgan fingerprint density at radius 1 is 1.17 bits per heavy atom. The third-order valence-corrected chi connectivity index (χ3v) is 1.40. The molecular weight excluding hydrogens is 253 g/mol. The molecule has 0 amide bonds. The molecule has 7 heteroatoms. The smallest absolute Gasteiger partial charge is 0.475 e. The van der Waals surface area contributed by atoms with Gasteiger partial charge in [-0.25, -0.2) is 4.79 Å². The Morgan fingerprint density at radius 2 is 1.56 bits per heavy atom. The van der Waals surface area contributed by atoms with Gasteiger partial charge in [0.25, 0.3) is 0 Å². The van der Waals surface area contributed by atoms with Gasteiger partial charge in [-0.3, -0.25) is 4.79 Å². The molecule has 0 aromatic heterocycles. The number of aliphatic carboxylic acids is 1. The standard InChI is InChI=1S/C9H18O2.C2HF3O2/c1-5-6-7-8(10)11-9(2,3)4;3-2(4,5)1(6)7/h5-7H2,1-4H3;(H,6,7). The lowest BCUT2D eigenvalue weighted by molar-refractivity contribution is -0.192. The predicted octanol–water partition coefficient (Wildman–Crippen LogP) is 3.15. The van der Waals surface area contributed by atoms with Crippen molar-refractivity contribution in [3.8, 4) is 0 Å². The van der Waals surface area contributed by atoms with Crippen LogP contribution >= 0.6 is 0 Å². The van der Waals surface area contributed by atoms with Crippen LogP contribution in [0.1, 0.15) is 47.0 Å². The summed E-state index contributed by atoms with van der Waals surface area (Å²) in [6.45, 7) is 7.72. The largest absolute Gasteiger partial charge is 0.490 e. The quantitative estimate of drug-likeness (QED) is 0.801. The van der Waals surface area contributed by atoms with Crippen LogP contribution in [0.15, 0.2) is 0 Å². The second-order valence-corrected chi connectivity index (χ2v) is 4.49. The summed E-state index contributed by atoms with van der Waals surface area (Å²) in [6.07, 6.45) is -2.57. The van der Waals surface area contributed by atoms with Crippen LogP contribution in [-0.2, 0) is 14.3 Å². The first-order chi connectivity index (χ1) is 7.90. The van der Waals surface area contributed by atoms with Gasteiger partial charge < -0.3 is 9.84 Å². The molecule has 0 fully saturated rings. The molecule has 0 aliphatic carbocycles. The molecule has 0 radical (unpaired) electrons. The summed E-state index contributed by atoms with van der Waals surface area (Å²) in [5.41, 5.74) is -0.329. The zero-order valence-electron chi connectivity index (χ0n) is 10.9. The van der Waals surface area contributed by atoms with Gasteiger partial charge in [-0.2, -0.15) is 13.2 Å². The van der Waals surface area contributed by atoms with Gasteiger partial charge in [-0.05, 0) is 27.2 Å². The molecule has 0 heterocycles. The zero-order chi connectivity index (χ0) is 15.0. The van der Waals surface area contributed by atoms with E-state index in [2.05, 4.69) is 6.92 Å². The van der Waals surface area contributed by atoms with Gasteiger partial charge in [0, 0.05) is 6.42 Å². The van der Waals surface area contributed by atoms with Gasteiger partial charge in [-0.15, -0.1) is 0 Å². The molecule has 0 aromatic rings. The highest BCUT2D eigenvalue weighted by atomic mass is 19.4. The normalized spacial score (nSPS) is 11.3. The summed E-state index contributed by atoms with van der Waals surface area (Å²) < 4.78 is 36.8. The lowest BCUT2D eigenvalue weighted by Gasteiger charge is -2.19. The average molecular weight is 272 g/mol. The Morgan fingerprint density at radius 3 is 1.78 bits per heavy atom. The van der Waals surface area contributed by atoms with Crippen LogP contribution in [0.4, 0.5) is 13.2 Å². The number of ether oxygens (including phenoxy) is 1. The van der Waals surface area contributed by atoms with Crippen LogP contribution in [0, 0.1) is 0 Å². The number of rotatable bonds is 3. The van der Waals surface area contributed by atoms with E-state index in [9.17, 15) is 18.0 Å². The maximum absolute atomic E-state index is 11.0. The summed E-state index contributed by atoms with van der Waals surface area (Å²) in [7, 11) is 0. The van der Waals surface area contributed by atoms with Crippen LogP contribution < -0.4 is 0 Å². The Balaban J connectivity index is 0. The number of halogens is 3. The van der Waals surface area contributed by atoms with E-state index in [0.717, 1.165) is 12.8 Å². The van der Waals surface area contributed by atoms with Crippen LogP contribution in [0.2, 0.25) is 0 Å². The van der Waals surface area contributed by atoms with E-state index < -0.39 is 12.1 Å². The van der Waals surface area contributed by atoms with Crippen molar-refractivity contribution in [1.82, 2.24) is 0 Å². The molecule has 0 atom stereocenters. The fourth-order valence-electron chi connectivity index (χ4n) is 0.714. The Labute approximate surface area is 104 Å². The number of unbranched alkanes of at least 4 members (excludes halogenated alkanes) is 1. The van der Waals surface area contributed by atoms with E-state index in [4.69, 9.17) is 14.6 Å². The number of alkyl halides is 3. The summed E-state index contributed by atoms with van der Waals surface area (Å²) in [6, 6.07) is 0. The van der Waals surface area contributed by atoms with Gasteiger partial charge >= 0.3 is 18.1 Å². The summed E-state index contributed by atoms with van der Waals surface area (Å²) in [4.78, 5) is 19.9. The SMILES string of the molecule is CCCCC(=O)OC(C)(C)C.O=C(O)C(F)(F)F. The Kier molecular flexibility index (Phi) is 8.42. The maximum atomic E-state index is 11.0. The monoisotopic (exact) mass is 272 g/mol.